The van der Waals surface area contributed by atoms with Crippen LogP contribution < -0.4 is 5.73 Å². The second kappa shape index (κ2) is 1.48. The zero-order valence-corrected chi connectivity index (χ0v) is 5.04. The smallest absolute Gasteiger partial charge is 0.223 e. The maximum Gasteiger partial charge on any atom is 0.223 e. The van der Waals surface area contributed by atoms with Crippen molar-refractivity contribution in [2.75, 3.05) is 6.61 Å². The Morgan fingerprint density at radius 1 is 1.67 bits per heavy atom. The summed E-state index contributed by atoms with van der Waals surface area (Å²) in [6.45, 7) is 0.819. The summed E-state index contributed by atoms with van der Waals surface area (Å²) in [5.41, 5.74) is 5.07. The number of primary amides is 1. The molecule has 0 spiro atoms. The van der Waals surface area contributed by atoms with E-state index in [0.29, 0.717) is 5.92 Å². The maximum absolute atomic E-state index is 10.5. The van der Waals surface area contributed by atoms with Gasteiger partial charge in [0.05, 0.1) is 12.0 Å². The molecule has 1 heterocycles. The van der Waals surface area contributed by atoms with Crippen LogP contribution in [0.4, 0.5) is 0 Å². The van der Waals surface area contributed by atoms with Crippen LogP contribution in [-0.4, -0.2) is 18.6 Å². The molecule has 2 rings (SSSR count). The molecule has 0 bridgehead atoms. The first kappa shape index (κ1) is 5.23. The van der Waals surface area contributed by atoms with Crippen molar-refractivity contribution in [2.24, 2.45) is 17.6 Å². The lowest BCUT2D eigenvalue weighted by atomic mass is 10.2. The van der Waals surface area contributed by atoms with E-state index in [2.05, 4.69) is 0 Å². The van der Waals surface area contributed by atoms with Crippen LogP contribution in [0, 0.1) is 11.8 Å². The van der Waals surface area contributed by atoms with Crippen molar-refractivity contribution < 1.29 is 9.53 Å². The Hall–Kier alpha value is -0.570. The Bertz CT molecular complexity index is 147. The van der Waals surface area contributed by atoms with Crippen LogP contribution >= 0.6 is 0 Å². The van der Waals surface area contributed by atoms with Crippen molar-refractivity contribution in [2.45, 2.75) is 12.5 Å². The maximum atomic E-state index is 10.5. The van der Waals surface area contributed by atoms with Gasteiger partial charge in [-0.05, 0) is 6.42 Å². The summed E-state index contributed by atoms with van der Waals surface area (Å²) in [7, 11) is 0. The van der Waals surface area contributed by atoms with Crippen molar-refractivity contribution in [3.8, 4) is 0 Å². The van der Waals surface area contributed by atoms with E-state index >= 15 is 0 Å². The van der Waals surface area contributed by atoms with Crippen LogP contribution in [-0.2, 0) is 9.53 Å². The molecule has 1 amide bonds. The van der Waals surface area contributed by atoms with Gasteiger partial charge >= 0.3 is 0 Å². The van der Waals surface area contributed by atoms with Crippen LogP contribution in [0.3, 0.4) is 0 Å². The van der Waals surface area contributed by atoms with Gasteiger partial charge in [-0.1, -0.05) is 0 Å². The molecule has 0 radical (unpaired) electrons. The first-order valence-electron chi connectivity index (χ1n) is 3.21. The molecule has 3 heteroatoms. The summed E-state index contributed by atoms with van der Waals surface area (Å²) >= 11 is 0. The van der Waals surface area contributed by atoms with Crippen molar-refractivity contribution in [3.63, 3.8) is 0 Å². The quantitative estimate of drug-likeness (QED) is 0.516. The molecule has 1 saturated carbocycles. The van der Waals surface area contributed by atoms with Crippen LogP contribution in [0.15, 0.2) is 0 Å². The molecule has 1 aliphatic carbocycles. The summed E-state index contributed by atoms with van der Waals surface area (Å²) < 4.78 is 5.20. The molecule has 50 valence electrons. The minimum Gasteiger partial charge on any atom is -0.377 e. The number of carbonyl (C=O) groups excluding carboxylic acids is 1. The van der Waals surface area contributed by atoms with Gasteiger partial charge in [-0.15, -0.1) is 0 Å². The molecular weight excluding hydrogens is 118 g/mol. The van der Waals surface area contributed by atoms with E-state index in [4.69, 9.17) is 10.5 Å². The second-order valence-corrected chi connectivity index (χ2v) is 2.72. The molecule has 2 N–H and O–H groups in total. The number of ether oxygens (including phenoxy) is 1. The molecular formula is C6H9NO2. The molecule has 3 atom stereocenters. The first-order chi connectivity index (χ1) is 4.30. The monoisotopic (exact) mass is 127 g/mol. The van der Waals surface area contributed by atoms with Crippen LogP contribution in [0.2, 0.25) is 0 Å². The van der Waals surface area contributed by atoms with E-state index in [9.17, 15) is 4.79 Å². The van der Waals surface area contributed by atoms with Gasteiger partial charge in [0.2, 0.25) is 5.91 Å². The molecule has 0 aromatic carbocycles. The molecule has 9 heavy (non-hydrogen) atoms. The SMILES string of the molecule is NC(=O)[C@@H]1[C@H]2CCO[C@H]21. The highest BCUT2D eigenvalue weighted by Crippen LogP contribution is 2.48. The van der Waals surface area contributed by atoms with Gasteiger partial charge in [0.15, 0.2) is 0 Å². The molecule has 0 aromatic heterocycles. The topological polar surface area (TPSA) is 52.3 Å². The third-order valence-corrected chi connectivity index (χ3v) is 2.19. The van der Waals surface area contributed by atoms with Crippen molar-refractivity contribution >= 4 is 5.91 Å². The first-order valence-corrected chi connectivity index (χ1v) is 3.21. The number of amides is 1. The Morgan fingerprint density at radius 3 is 2.78 bits per heavy atom. The van der Waals surface area contributed by atoms with Crippen LogP contribution in [0.25, 0.3) is 0 Å². The lowest BCUT2D eigenvalue weighted by Gasteiger charge is -1.96. The number of hydrogen-bond acceptors (Lipinski definition) is 2. The van der Waals surface area contributed by atoms with Gasteiger partial charge in [0.25, 0.3) is 0 Å². The van der Waals surface area contributed by atoms with Gasteiger partial charge in [0.1, 0.15) is 0 Å². The van der Waals surface area contributed by atoms with Gasteiger partial charge in [-0.3, -0.25) is 4.79 Å². The van der Waals surface area contributed by atoms with E-state index in [1.165, 1.54) is 0 Å². The van der Waals surface area contributed by atoms with Crippen molar-refractivity contribution in [1.29, 1.82) is 0 Å². The summed E-state index contributed by atoms with van der Waals surface area (Å²) in [6.07, 6.45) is 1.22. The normalized spacial score (nSPS) is 46.4. The highest BCUT2D eigenvalue weighted by molar-refractivity contribution is 5.81. The van der Waals surface area contributed by atoms with Crippen molar-refractivity contribution in [1.82, 2.24) is 0 Å². The van der Waals surface area contributed by atoms with E-state index in [0.717, 1.165) is 13.0 Å². The summed E-state index contributed by atoms with van der Waals surface area (Å²) in [5.74, 6) is 0.339. The van der Waals surface area contributed by atoms with Gasteiger partial charge in [-0.25, -0.2) is 0 Å². The molecule has 2 aliphatic rings. The zero-order chi connectivity index (χ0) is 6.43. The van der Waals surface area contributed by atoms with Crippen molar-refractivity contribution in [3.05, 3.63) is 0 Å². The lowest BCUT2D eigenvalue weighted by molar-refractivity contribution is -0.120. The van der Waals surface area contributed by atoms with Gasteiger partial charge in [0, 0.05) is 12.5 Å². The number of fused-ring (bicyclic) bond motifs is 1. The third kappa shape index (κ3) is 0.580. The molecule has 1 aliphatic heterocycles. The van der Waals surface area contributed by atoms with E-state index in [1.54, 1.807) is 0 Å². The minimum atomic E-state index is -0.190. The lowest BCUT2D eigenvalue weighted by Crippen LogP contribution is -2.18. The number of rotatable bonds is 1. The van der Waals surface area contributed by atoms with E-state index in [-0.39, 0.29) is 17.9 Å². The summed E-state index contributed by atoms with van der Waals surface area (Å²) in [4.78, 5) is 10.5. The molecule has 0 unspecified atom stereocenters. The van der Waals surface area contributed by atoms with E-state index in [1.807, 2.05) is 0 Å². The van der Waals surface area contributed by atoms with Gasteiger partial charge in [-0.2, -0.15) is 0 Å². The molecule has 3 nitrogen and oxygen atoms in total. The number of nitrogens with two attached hydrogens (primary N) is 1. The fourth-order valence-corrected chi connectivity index (χ4v) is 1.63. The minimum absolute atomic E-state index is 0.0544. The average Bonchev–Trinajstić information content (AvgIpc) is 2.30. The fraction of sp³-hybridized carbons (Fsp3) is 0.833. The highest BCUT2D eigenvalue weighted by Gasteiger charge is 2.57. The van der Waals surface area contributed by atoms with E-state index < -0.39 is 0 Å². The van der Waals surface area contributed by atoms with Crippen LogP contribution in [0.1, 0.15) is 6.42 Å². The average molecular weight is 127 g/mol. The Labute approximate surface area is 53.2 Å². The van der Waals surface area contributed by atoms with Crippen LogP contribution in [0.5, 0.6) is 0 Å². The fourth-order valence-electron chi connectivity index (χ4n) is 1.63. The predicted octanol–water partition coefficient (Wildman–Crippen LogP) is -0.493. The van der Waals surface area contributed by atoms with Gasteiger partial charge < -0.3 is 10.5 Å². The standard InChI is InChI=1S/C6H9NO2/c7-6(8)4-3-1-2-9-5(3)4/h3-5H,1-2H2,(H2,7,8)/t3-,4-,5-/m1/s1. The Morgan fingerprint density at radius 2 is 2.44 bits per heavy atom. The third-order valence-electron chi connectivity index (χ3n) is 2.19. The highest BCUT2D eigenvalue weighted by atomic mass is 16.5. The second-order valence-electron chi connectivity index (χ2n) is 2.72. The number of carbonyl (C=O) groups is 1. The Balaban J connectivity index is 2.02. The molecule has 1 saturated heterocycles. The number of hydrogen-bond donors (Lipinski definition) is 1. The predicted molar refractivity (Wildman–Crippen MR) is 30.5 cm³/mol. The Kier molecular flexibility index (Phi) is 0.858. The summed E-state index contributed by atoms with van der Waals surface area (Å²) in [6, 6.07) is 0. The molecule has 2 fully saturated rings. The largest absolute Gasteiger partial charge is 0.377 e. The summed E-state index contributed by atoms with van der Waals surface area (Å²) in [5, 5.41) is 0. The molecule has 0 aromatic rings. The zero-order valence-electron chi connectivity index (χ0n) is 5.04.